The fourth-order valence-corrected chi connectivity index (χ4v) is 2.18. The van der Waals surface area contributed by atoms with E-state index in [1.165, 1.54) is 57.9 Å². The van der Waals surface area contributed by atoms with Crippen molar-refractivity contribution in [2.45, 2.75) is 58.3 Å². The quantitative estimate of drug-likeness (QED) is 0.350. The number of hydrogen-bond acceptors (Lipinski definition) is 2. The smallest absolute Gasteiger partial charge is 1.00 e. The molecule has 0 spiro atoms. The predicted molar refractivity (Wildman–Crippen MR) is 71.1 cm³/mol. The van der Waals surface area contributed by atoms with Crippen LogP contribution >= 0.6 is 0 Å². The second-order valence-electron chi connectivity index (χ2n) is 4.98. The first-order valence-corrected chi connectivity index (χ1v) is 6.95. The molecule has 0 aromatic carbocycles. The molecule has 0 fully saturated rings. The van der Waals surface area contributed by atoms with Crippen molar-refractivity contribution in [2.75, 3.05) is 20.3 Å². The minimum Gasteiger partial charge on any atom is -1.00 e. The summed E-state index contributed by atoms with van der Waals surface area (Å²) in [5, 5.41) is 0. The molecule has 1 aliphatic rings. The van der Waals surface area contributed by atoms with E-state index in [1.807, 2.05) is 0 Å². The minimum atomic E-state index is 0. The van der Waals surface area contributed by atoms with Crippen LogP contribution in [0.3, 0.4) is 0 Å². The largest absolute Gasteiger partial charge is 1.00 e. The predicted octanol–water partition coefficient (Wildman–Crippen LogP) is -2.19. The van der Waals surface area contributed by atoms with Crippen LogP contribution in [0.2, 0.25) is 0 Å². The van der Waals surface area contributed by atoms with Crippen LogP contribution < -0.4 is 42.0 Å². The fourth-order valence-electron chi connectivity index (χ4n) is 2.18. The number of halogens is 1. The topological polar surface area (TPSA) is 6.48 Å². The molecule has 1 aliphatic heterocycles. The summed E-state index contributed by atoms with van der Waals surface area (Å²) >= 11 is 0. The summed E-state index contributed by atoms with van der Waals surface area (Å²) in [6.45, 7) is 4.59. The van der Waals surface area contributed by atoms with Crippen LogP contribution in [0.15, 0.2) is 12.4 Å². The SMILES string of the molecule is CCCCCCCCCCN1C=CN(C)C1.[Cl-].[Na+]. The number of unbranched alkanes of at least 4 members (excludes halogenated alkanes) is 7. The summed E-state index contributed by atoms with van der Waals surface area (Å²) in [5.41, 5.74) is 0. The Kier molecular flexibility index (Phi) is 16.3. The van der Waals surface area contributed by atoms with Crippen molar-refractivity contribution in [3.63, 3.8) is 0 Å². The Morgan fingerprint density at radius 2 is 1.44 bits per heavy atom. The van der Waals surface area contributed by atoms with E-state index in [2.05, 4.69) is 36.2 Å². The molecule has 2 nitrogen and oxygen atoms in total. The molecule has 0 aliphatic carbocycles. The maximum Gasteiger partial charge on any atom is 1.00 e. The number of nitrogens with zero attached hydrogens (tertiary/aromatic N) is 2. The molecular weight excluding hydrogens is 255 g/mol. The first-order valence-electron chi connectivity index (χ1n) is 6.95. The zero-order chi connectivity index (χ0) is 11.6. The van der Waals surface area contributed by atoms with Crippen LogP contribution in [0.5, 0.6) is 0 Å². The molecule has 0 unspecified atom stereocenters. The van der Waals surface area contributed by atoms with Gasteiger partial charge < -0.3 is 22.2 Å². The molecular formula is C14H28ClN2Na. The summed E-state index contributed by atoms with van der Waals surface area (Å²) in [4.78, 5) is 4.63. The van der Waals surface area contributed by atoms with E-state index in [0.717, 1.165) is 6.67 Å². The third kappa shape index (κ3) is 10.5. The number of rotatable bonds is 9. The van der Waals surface area contributed by atoms with Gasteiger partial charge in [-0.1, -0.05) is 51.9 Å². The minimum absolute atomic E-state index is 0. The van der Waals surface area contributed by atoms with Gasteiger partial charge in [0.25, 0.3) is 0 Å². The van der Waals surface area contributed by atoms with E-state index in [9.17, 15) is 0 Å². The van der Waals surface area contributed by atoms with Gasteiger partial charge in [-0.05, 0) is 6.42 Å². The zero-order valence-corrected chi connectivity index (χ0v) is 15.3. The van der Waals surface area contributed by atoms with Crippen LogP contribution in [-0.4, -0.2) is 30.1 Å². The average Bonchev–Trinajstić information content (AvgIpc) is 2.68. The van der Waals surface area contributed by atoms with Gasteiger partial charge in [0.05, 0.1) is 6.67 Å². The van der Waals surface area contributed by atoms with Crippen molar-refractivity contribution in [1.29, 1.82) is 0 Å². The molecule has 0 radical (unpaired) electrons. The van der Waals surface area contributed by atoms with E-state index >= 15 is 0 Å². The van der Waals surface area contributed by atoms with Gasteiger partial charge in [-0.2, -0.15) is 0 Å². The molecule has 0 saturated carbocycles. The molecule has 0 aromatic heterocycles. The van der Waals surface area contributed by atoms with Gasteiger partial charge in [0.15, 0.2) is 0 Å². The van der Waals surface area contributed by atoms with E-state index in [0.29, 0.717) is 0 Å². The second kappa shape index (κ2) is 14.0. The van der Waals surface area contributed by atoms with Crippen LogP contribution in [0, 0.1) is 0 Å². The van der Waals surface area contributed by atoms with Crippen LogP contribution in [0.25, 0.3) is 0 Å². The molecule has 0 bridgehead atoms. The first kappa shape index (κ1) is 20.9. The maximum absolute atomic E-state index is 2.40. The second-order valence-corrected chi connectivity index (χ2v) is 4.98. The summed E-state index contributed by atoms with van der Waals surface area (Å²) in [6, 6.07) is 0. The van der Waals surface area contributed by atoms with Crippen molar-refractivity contribution in [3.05, 3.63) is 12.4 Å². The molecule has 0 amide bonds. The monoisotopic (exact) mass is 282 g/mol. The Morgan fingerprint density at radius 3 is 1.94 bits per heavy atom. The van der Waals surface area contributed by atoms with Gasteiger partial charge in [-0.3, -0.25) is 0 Å². The van der Waals surface area contributed by atoms with Gasteiger partial charge >= 0.3 is 29.6 Å². The van der Waals surface area contributed by atoms with Crippen LogP contribution in [0.1, 0.15) is 58.3 Å². The molecule has 0 N–H and O–H groups in total. The Bertz CT molecular complexity index is 200. The average molecular weight is 283 g/mol. The Balaban J connectivity index is 0. The third-order valence-corrected chi connectivity index (χ3v) is 3.24. The molecule has 18 heavy (non-hydrogen) atoms. The van der Waals surface area contributed by atoms with E-state index in [4.69, 9.17) is 0 Å². The normalized spacial score (nSPS) is 13.4. The van der Waals surface area contributed by atoms with E-state index in [-0.39, 0.29) is 42.0 Å². The van der Waals surface area contributed by atoms with Gasteiger partial charge in [0, 0.05) is 26.0 Å². The first-order chi connectivity index (χ1) is 7.83. The van der Waals surface area contributed by atoms with Crippen molar-refractivity contribution in [3.8, 4) is 0 Å². The maximum atomic E-state index is 2.40. The van der Waals surface area contributed by atoms with Crippen molar-refractivity contribution in [1.82, 2.24) is 9.80 Å². The standard InChI is InChI=1S/C14H28N2.ClH.Na/c1-3-4-5-6-7-8-9-10-11-16-13-12-15(2)14-16;;/h12-13H,3-11,14H2,1-2H3;1H;/q;;+1/p-1. The van der Waals surface area contributed by atoms with Crippen molar-refractivity contribution < 1.29 is 42.0 Å². The van der Waals surface area contributed by atoms with Crippen LogP contribution in [-0.2, 0) is 0 Å². The molecule has 0 aromatic rings. The van der Waals surface area contributed by atoms with Crippen molar-refractivity contribution in [2.24, 2.45) is 0 Å². The Morgan fingerprint density at radius 1 is 0.889 bits per heavy atom. The van der Waals surface area contributed by atoms with Gasteiger partial charge in [-0.15, -0.1) is 0 Å². The Labute approximate surface area is 142 Å². The Hall–Kier alpha value is 0.630. The molecule has 102 valence electrons. The van der Waals surface area contributed by atoms with Gasteiger partial charge in [0.2, 0.25) is 0 Å². The number of hydrogen-bond donors (Lipinski definition) is 0. The third-order valence-electron chi connectivity index (χ3n) is 3.24. The zero-order valence-electron chi connectivity index (χ0n) is 12.5. The fraction of sp³-hybridized carbons (Fsp3) is 0.857. The van der Waals surface area contributed by atoms with E-state index < -0.39 is 0 Å². The van der Waals surface area contributed by atoms with E-state index in [1.54, 1.807) is 0 Å². The summed E-state index contributed by atoms with van der Waals surface area (Å²) in [6.07, 6.45) is 15.7. The molecule has 0 atom stereocenters. The van der Waals surface area contributed by atoms with Gasteiger partial charge in [-0.25, -0.2) is 0 Å². The van der Waals surface area contributed by atoms with Gasteiger partial charge in [0.1, 0.15) is 0 Å². The van der Waals surface area contributed by atoms with Crippen molar-refractivity contribution >= 4 is 0 Å². The summed E-state index contributed by atoms with van der Waals surface area (Å²) in [7, 11) is 2.13. The molecule has 1 rings (SSSR count). The summed E-state index contributed by atoms with van der Waals surface area (Å²) in [5.74, 6) is 0. The molecule has 1 heterocycles. The molecule has 4 heteroatoms. The summed E-state index contributed by atoms with van der Waals surface area (Å²) < 4.78 is 0. The molecule has 0 saturated heterocycles. The van der Waals surface area contributed by atoms with Crippen LogP contribution in [0.4, 0.5) is 0 Å².